The standard InChI is InChI=1S/C24H32N2O4/c1-13-11-24(21(13)15-4-3-5-15,22-14(2)17-7-8-18(17)22)12-25-23(28)16-6-9-19(26(29)30)20(27)10-16/h6,9-10,13-15,17-18,21-22,27H,3-5,7-8,11-12H2,1-2H3,(H,25,28). The smallest absolute Gasteiger partial charge is 0.310 e. The van der Waals surface area contributed by atoms with Gasteiger partial charge in [-0.1, -0.05) is 33.1 Å². The fourth-order valence-electron chi connectivity index (χ4n) is 7.94. The maximum absolute atomic E-state index is 12.9. The maximum Gasteiger partial charge on any atom is 0.310 e. The zero-order valence-corrected chi connectivity index (χ0v) is 17.8. The van der Waals surface area contributed by atoms with Crippen LogP contribution in [0.1, 0.15) is 62.7 Å². The molecule has 0 aliphatic heterocycles. The number of nitro benzene ring substituents is 1. The van der Waals surface area contributed by atoms with Crippen molar-refractivity contribution >= 4 is 11.6 Å². The summed E-state index contributed by atoms with van der Waals surface area (Å²) in [5.74, 6) is 4.72. The number of phenols is 1. The van der Waals surface area contributed by atoms with E-state index in [9.17, 15) is 20.0 Å². The van der Waals surface area contributed by atoms with Crippen LogP contribution in [0, 0.1) is 57.0 Å². The van der Waals surface area contributed by atoms with E-state index in [-0.39, 0.29) is 22.6 Å². The number of carbonyl (C=O) groups excluding carboxylic acids is 1. The van der Waals surface area contributed by atoms with Crippen molar-refractivity contribution in [2.45, 2.75) is 52.4 Å². The number of rotatable bonds is 6. The summed E-state index contributed by atoms with van der Waals surface area (Å²) in [6.07, 6.45) is 7.91. The third-order valence-electron chi connectivity index (χ3n) is 9.40. The van der Waals surface area contributed by atoms with Crippen LogP contribution in [0.5, 0.6) is 5.75 Å². The molecule has 4 fully saturated rings. The molecule has 0 bridgehead atoms. The predicted molar refractivity (Wildman–Crippen MR) is 113 cm³/mol. The number of amides is 1. The molecule has 7 atom stereocenters. The van der Waals surface area contributed by atoms with E-state index in [1.807, 2.05) is 0 Å². The van der Waals surface area contributed by atoms with Crippen LogP contribution in [-0.4, -0.2) is 22.5 Å². The van der Waals surface area contributed by atoms with E-state index in [2.05, 4.69) is 19.2 Å². The number of fused-ring (bicyclic) bond motifs is 1. The minimum Gasteiger partial charge on any atom is -0.502 e. The zero-order chi connectivity index (χ0) is 21.2. The Kier molecular flexibility index (Phi) is 4.60. The average molecular weight is 413 g/mol. The molecule has 6 nitrogen and oxygen atoms in total. The first kappa shape index (κ1) is 19.8. The normalized spacial score (nSPS) is 39.5. The Hall–Kier alpha value is -2.11. The number of benzene rings is 1. The van der Waals surface area contributed by atoms with Gasteiger partial charge in [0.2, 0.25) is 0 Å². The number of carbonyl (C=O) groups is 1. The first-order chi connectivity index (χ1) is 14.3. The van der Waals surface area contributed by atoms with Gasteiger partial charge in [0.1, 0.15) is 0 Å². The van der Waals surface area contributed by atoms with E-state index in [4.69, 9.17) is 0 Å². The molecule has 0 radical (unpaired) electrons. The SMILES string of the molecule is CC1CC(CNC(=O)c2ccc([N+](=O)[O-])c(O)c2)(C2C(C)C3CCC32)C1C1CCC1. The van der Waals surface area contributed by atoms with Gasteiger partial charge in [0.05, 0.1) is 4.92 Å². The lowest BCUT2D eigenvalue weighted by molar-refractivity contribution is -0.385. The summed E-state index contributed by atoms with van der Waals surface area (Å²) < 4.78 is 0. The van der Waals surface area contributed by atoms with Crippen molar-refractivity contribution in [1.82, 2.24) is 5.32 Å². The van der Waals surface area contributed by atoms with Crippen molar-refractivity contribution in [1.29, 1.82) is 0 Å². The Morgan fingerprint density at radius 3 is 2.43 bits per heavy atom. The van der Waals surface area contributed by atoms with E-state index in [1.54, 1.807) is 0 Å². The van der Waals surface area contributed by atoms with Crippen LogP contribution in [0.2, 0.25) is 0 Å². The van der Waals surface area contributed by atoms with Gasteiger partial charge in [-0.15, -0.1) is 0 Å². The number of hydrogen-bond acceptors (Lipinski definition) is 4. The predicted octanol–water partition coefficient (Wildman–Crippen LogP) is 4.76. The lowest BCUT2D eigenvalue weighted by Gasteiger charge is -2.72. The van der Waals surface area contributed by atoms with Gasteiger partial charge in [0, 0.05) is 18.2 Å². The molecule has 4 saturated carbocycles. The highest BCUT2D eigenvalue weighted by Gasteiger charge is 2.67. The van der Waals surface area contributed by atoms with Crippen LogP contribution in [-0.2, 0) is 0 Å². The molecular weight excluding hydrogens is 380 g/mol. The van der Waals surface area contributed by atoms with E-state index in [0.717, 1.165) is 29.6 Å². The average Bonchev–Trinajstić information content (AvgIpc) is 2.64. The first-order valence-electron chi connectivity index (χ1n) is 11.6. The summed E-state index contributed by atoms with van der Waals surface area (Å²) in [4.78, 5) is 23.2. The Bertz CT molecular complexity index is 866. The first-order valence-corrected chi connectivity index (χ1v) is 11.6. The Morgan fingerprint density at radius 1 is 1.20 bits per heavy atom. The summed E-state index contributed by atoms with van der Waals surface area (Å²) in [6, 6.07) is 3.84. The van der Waals surface area contributed by atoms with Crippen LogP contribution >= 0.6 is 0 Å². The molecule has 6 heteroatoms. The van der Waals surface area contributed by atoms with Crippen LogP contribution in [0.4, 0.5) is 5.69 Å². The molecule has 1 amide bonds. The van der Waals surface area contributed by atoms with E-state index < -0.39 is 10.7 Å². The maximum atomic E-state index is 12.9. The highest BCUT2D eigenvalue weighted by molar-refractivity contribution is 5.95. The van der Waals surface area contributed by atoms with Gasteiger partial charge in [-0.3, -0.25) is 14.9 Å². The fraction of sp³-hybridized carbons (Fsp3) is 0.708. The number of hydrogen-bond donors (Lipinski definition) is 2. The summed E-state index contributed by atoms with van der Waals surface area (Å²) in [5, 5.41) is 24.0. The second-order valence-electron chi connectivity index (χ2n) is 10.6. The largest absolute Gasteiger partial charge is 0.502 e. The minimum absolute atomic E-state index is 0.198. The van der Waals surface area contributed by atoms with Crippen molar-refractivity contribution in [3.05, 3.63) is 33.9 Å². The van der Waals surface area contributed by atoms with Gasteiger partial charge in [0.25, 0.3) is 5.91 Å². The molecule has 30 heavy (non-hydrogen) atoms. The fourth-order valence-corrected chi connectivity index (χ4v) is 7.94. The van der Waals surface area contributed by atoms with E-state index in [0.29, 0.717) is 18.4 Å². The quantitative estimate of drug-likeness (QED) is 0.520. The summed E-state index contributed by atoms with van der Waals surface area (Å²) in [7, 11) is 0. The number of aromatic hydroxyl groups is 1. The van der Waals surface area contributed by atoms with Gasteiger partial charge in [-0.2, -0.15) is 0 Å². The number of phenolic OH excluding ortho intramolecular Hbond substituents is 1. The molecule has 7 unspecified atom stereocenters. The number of nitrogens with zero attached hydrogens (tertiary/aromatic N) is 1. The van der Waals surface area contributed by atoms with Gasteiger partial charge < -0.3 is 10.4 Å². The van der Waals surface area contributed by atoms with Crippen LogP contribution in [0.15, 0.2) is 18.2 Å². The summed E-state index contributed by atoms with van der Waals surface area (Å²) in [5.41, 5.74) is 0.105. The molecule has 4 aliphatic carbocycles. The molecule has 1 aromatic carbocycles. The molecule has 2 N–H and O–H groups in total. The van der Waals surface area contributed by atoms with Gasteiger partial charge in [-0.05, 0) is 78.2 Å². The molecule has 0 saturated heterocycles. The molecular formula is C24H32N2O4. The lowest BCUT2D eigenvalue weighted by Crippen LogP contribution is -2.69. The molecule has 1 aromatic rings. The molecule has 5 rings (SSSR count). The van der Waals surface area contributed by atoms with Crippen molar-refractivity contribution in [3.8, 4) is 5.75 Å². The molecule has 0 heterocycles. The molecule has 162 valence electrons. The number of nitro groups is 1. The third-order valence-corrected chi connectivity index (χ3v) is 9.40. The van der Waals surface area contributed by atoms with Crippen molar-refractivity contribution in [3.63, 3.8) is 0 Å². The highest BCUT2D eigenvalue weighted by atomic mass is 16.6. The van der Waals surface area contributed by atoms with Crippen LogP contribution in [0.25, 0.3) is 0 Å². The number of nitrogens with one attached hydrogen (secondary N) is 1. The molecule has 0 aromatic heterocycles. The van der Waals surface area contributed by atoms with Gasteiger partial charge in [0.15, 0.2) is 5.75 Å². The second-order valence-corrected chi connectivity index (χ2v) is 10.6. The molecule has 4 aliphatic rings. The summed E-state index contributed by atoms with van der Waals surface area (Å²) in [6.45, 7) is 5.50. The third kappa shape index (κ3) is 2.71. The zero-order valence-electron chi connectivity index (χ0n) is 17.8. The van der Waals surface area contributed by atoms with Crippen molar-refractivity contribution < 1.29 is 14.8 Å². The van der Waals surface area contributed by atoms with E-state index in [1.165, 1.54) is 56.7 Å². The Morgan fingerprint density at radius 2 is 1.93 bits per heavy atom. The summed E-state index contributed by atoms with van der Waals surface area (Å²) >= 11 is 0. The van der Waals surface area contributed by atoms with Crippen LogP contribution in [0.3, 0.4) is 0 Å². The highest BCUT2D eigenvalue weighted by Crippen LogP contribution is 2.72. The van der Waals surface area contributed by atoms with Crippen LogP contribution < -0.4 is 5.32 Å². The van der Waals surface area contributed by atoms with E-state index >= 15 is 0 Å². The van der Waals surface area contributed by atoms with Gasteiger partial charge in [-0.25, -0.2) is 0 Å². The topological polar surface area (TPSA) is 92.5 Å². The Labute approximate surface area is 177 Å². The van der Waals surface area contributed by atoms with Gasteiger partial charge >= 0.3 is 5.69 Å². The minimum atomic E-state index is -0.641. The van der Waals surface area contributed by atoms with Crippen molar-refractivity contribution in [2.75, 3.05) is 6.54 Å². The Balaban J connectivity index is 1.35. The van der Waals surface area contributed by atoms with Crippen molar-refractivity contribution in [2.24, 2.45) is 46.8 Å². The monoisotopic (exact) mass is 412 g/mol. The molecule has 0 spiro atoms. The lowest BCUT2D eigenvalue weighted by atomic mass is 9.33. The second kappa shape index (κ2) is 6.96.